The fourth-order valence-corrected chi connectivity index (χ4v) is 4.03. The molecule has 3 amide bonds. The second-order valence-corrected chi connectivity index (χ2v) is 7.05. The molecule has 1 saturated heterocycles. The molecule has 1 aliphatic carbocycles. The van der Waals surface area contributed by atoms with E-state index in [1.165, 1.54) is 0 Å². The van der Waals surface area contributed by atoms with Crippen molar-refractivity contribution < 1.29 is 23.9 Å². The number of carbonyl (C=O) groups excluding carboxylic acids is 3. The van der Waals surface area contributed by atoms with E-state index in [2.05, 4.69) is 5.32 Å². The van der Waals surface area contributed by atoms with Gasteiger partial charge in [0.05, 0.1) is 11.8 Å². The molecule has 4 rings (SSSR count). The van der Waals surface area contributed by atoms with Crippen LogP contribution < -0.4 is 14.8 Å². The van der Waals surface area contributed by atoms with Crippen molar-refractivity contribution in [1.82, 2.24) is 10.2 Å². The molecule has 0 radical (unpaired) electrons. The lowest BCUT2D eigenvalue weighted by atomic mass is 9.81. The van der Waals surface area contributed by atoms with Gasteiger partial charge in [0.25, 0.3) is 0 Å². The summed E-state index contributed by atoms with van der Waals surface area (Å²) >= 11 is 0. The van der Waals surface area contributed by atoms with Crippen LogP contribution in [0.2, 0.25) is 0 Å². The SMILES string of the molecule is O=C(CN1C(=O)[C@H]2CCCC[C@@H]2C1=O)NCCc1ccc2c(c1)OCO2. The minimum absolute atomic E-state index is 0.175. The van der Waals surface area contributed by atoms with Crippen molar-refractivity contribution in [2.24, 2.45) is 11.8 Å². The number of nitrogens with one attached hydrogen (secondary N) is 1. The Kier molecular flexibility index (Phi) is 4.53. The van der Waals surface area contributed by atoms with Crippen LogP contribution in [0.4, 0.5) is 0 Å². The minimum atomic E-state index is -0.300. The number of likely N-dealkylation sites (tertiary alicyclic amines) is 1. The highest BCUT2D eigenvalue weighted by molar-refractivity contribution is 6.07. The lowest BCUT2D eigenvalue weighted by Crippen LogP contribution is -2.41. The summed E-state index contributed by atoms with van der Waals surface area (Å²) in [6.45, 7) is 0.489. The van der Waals surface area contributed by atoms with Crippen LogP contribution in [0.15, 0.2) is 18.2 Å². The highest BCUT2D eigenvalue weighted by Crippen LogP contribution is 2.37. The van der Waals surface area contributed by atoms with Gasteiger partial charge in [-0.25, -0.2) is 0 Å². The normalized spacial score (nSPS) is 23.9. The molecule has 0 bridgehead atoms. The van der Waals surface area contributed by atoms with Gasteiger partial charge >= 0.3 is 0 Å². The number of benzene rings is 1. The lowest BCUT2D eigenvalue weighted by Gasteiger charge is -2.19. The summed E-state index contributed by atoms with van der Waals surface area (Å²) in [4.78, 5) is 38.1. The smallest absolute Gasteiger partial charge is 0.240 e. The monoisotopic (exact) mass is 358 g/mol. The molecule has 0 unspecified atom stereocenters. The largest absolute Gasteiger partial charge is 0.454 e. The molecule has 1 aromatic rings. The Balaban J connectivity index is 1.28. The summed E-state index contributed by atoms with van der Waals surface area (Å²) in [5.41, 5.74) is 1.02. The number of hydrogen-bond acceptors (Lipinski definition) is 5. The van der Waals surface area contributed by atoms with Gasteiger partial charge in [-0.15, -0.1) is 0 Å². The summed E-state index contributed by atoms with van der Waals surface area (Å²) < 4.78 is 10.6. The zero-order valence-electron chi connectivity index (χ0n) is 14.5. The van der Waals surface area contributed by atoms with Crippen LogP contribution in [0, 0.1) is 11.8 Å². The van der Waals surface area contributed by atoms with E-state index in [0.29, 0.717) is 18.7 Å². The van der Waals surface area contributed by atoms with Crippen molar-refractivity contribution in [1.29, 1.82) is 0 Å². The van der Waals surface area contributed by atoms with Crippen LogP contribution in [0.5, 0.6) is 11.5 Å². The fourth-order valence-electron chi connectivity index (χ4n) is 4.03. The van der Waals surface area contributed by atoms with Crippen molar-refractivity contribution >= 4 is 17.7 Å². The first-order valence-electron chi connectivity index (χ1n) is 9.14. The van der Waals surface area contributed by atoms with Crippen molar-refractivity contribution in [2.45, 2.75) is 32.1 Å². The van der Waals surface area contributed by atoms with Crippen LogP contribution in [-0.2, 0) is 20.8 Å². The van der Waals surface area contributed by atoms with E-state index in [1.807, 2.05) is 18.2 Å². The number of hydrogen-bond donors (Lipinski definition) is 1. The zero-order chi connectivity index (χ0) is 18.1. The van der Waals surface area contributed by atoms with Gasteiger partial charge in [0.1, 0.15) is 6.54 Å². The summed E-state index contributed by atoms with van der Waals surface area (Å²) in [6, 6.07) is 5.67. The second kappa shape index (κ2) is 6.97. The number of fused-ring (bicyclic) bond motifs is 2. The first-order chi connectivity index (χ1) is 12.6. The van der Waals surface area contributed by atoms with Gasteiger partial charge in [-0.3, -0.25) is 19.3 Å². The first-order valence-corrected chi connectivity index (χ1v) is 9.14. The van der Waals surface area contributed by atoms with Gasteiger partial charge in [0.15, 0.2) is 11.5 Å². The minimum Gasteiger partial charge on any atom is -0.454 e. The maximum absolute atomic E-state index is 12.4. The van der Waals surface area contributed by atoms with Crippen molar-refractivity contribution in [3.8, 4) is 11.5 Å². The number of carbonyl (C=O) groups is 3. The molecule has 2 heterocycles. The Hall–Kier alpha value is -2.57. The molecule has 2 fully saturated rings. The van der Waals surface area contributed by atoms with Gasteiger partial charge in [0, 0.05) is 6.54 Å². The van der Waals surface area contributed by atoms with Gasteiger partial charge in [0.2, 0.25) is 24.5 Å². The highest BCUT2D eigenvalue weighted by Gasteiger charge is 2.48. The molecular formula is C19H22N2O5. The standard InChI is InChI=1S/C19H22N2O5/c22-17(10-21-18(23)13-3-1-2-4-14(13)19(21)24)20-8-7-12-5-6-15-16(9-12)26-11-25-15/h5-6,9,13-14H,1-4,7-8,10-11H2,(H,20,22)/t13-,14-/m0/s1. The molecule has 7 nitrogen and oxygen atoms in total. The molecule has 0 aromatic heterocycles. The zero-order valence-corrected chi connectivity index (χ0v) is 14.5. The van der Waals surface area contributed by atoms with Crippen LogP contribution >= 0.6 is 0 Å². The van der Waals surface area contributed by atoms with E-state index < -0.39 is 0 Å². The molecule has 138 valence electrons. The summed E-state index contributed by atoms with van der Waals surface area (Å²) in [7, 11) is 0. The molecule has 1 saturated carbocycles. The number of imide groups is 1. The van der Waals surface area contributed by atoms with Crippen molar-refractivity contribution in [3.63, 3.8) is 0 Å². The predicted octanol–water partition coefficient (Wildman–Crippen LogP) is 1.25. The molecule has 26 heavy (non-hydrogen) atoms. The van der Waals surface area contributed by atoms with Crippen LogP contribution in [0.3, 0.4) is 0 Å². The topological polar surface area (TPSA) is 84.9 Å². The maximum Gasteiger partial charge on any atom is 0.240 e. The van der Waals surface area contributed by atoms with Crippen molar-refractivity contribution in [2.75, 3.05) is 19.9 Å². The number of nitrogens with zero attached hydrogens (tertiary/aromatic N) is 1. The van der Waals surface area contributed by atoms with Gasteiger partial charge in [-0.1, -0.05) is 18.9 Å². The highest BCUT2D eigenvalue weighted by atomic mass is 16.7. The summed E-state index contributed by atoms with van der Waals surface area (Å²) in [6.07, 6.45) is 4.12. The first kappa shape index (κ1) is 16.9. The number of rotatable bonds is 5. The van der Waals surface area contributed by atoms with E-state index in [9.17, 15) is 14.4 Å². The quantitative estimate of drug-likeness (QED) is 0.801. The summed E-state index contributed by atoms with van der Waals surface area (Å²) in [5, 5.41) is 2.79. The molecule has 1 aromatic carbocycles. The average molecular weight is 358 g/mol. The molecule has 0 spiro atoms. The Labute approximate surface area is 151 Å². The Morgan fingerprint density at radius 3 is 2.50 bits per heavy atom. The van der Waals surface area contributed by atoms with E-state index in [1.54, 1.807) is 0 Å². The van der Waals surface area contributed by atoms with Crippen LogP contribution in [0.25, 0.3) is 0 Å². The van der Waals surface area contributed by atoms with Crippen LogP contribution in [0.1, 0.15) is 31.2 Å². The third-order valence-corrected chi connectivity index (χ3v) is 5.41. The summed E-state index contributed by atoms with van der Waals surface area (Å²) in [5.74, 6) is 0.368. The molecule has 1 N–H and O–H groups in total. The molecule has 3 aliphatic rings. The lowest BCUT2D eigenvalue weighted by molar-refractivity contribution is -0.143. The number of ether oxygens (including phenoxy) is 2. The molecule has 2 atom stereocenters. The van der Waals surface area contributed by atoms with Gasteiger partial charge in [-0.2, -0.15) is 0 Å². The molecular weight excluding hydrogens is 336 g/mol. The Bertz CT molecular complexity index is 723. The maximum atomic E-state index is 12.4. The van der Waals surface area contributed by atoms with Crippen LogP contribution in [-0.4, -0.2) is 42.5 Å². The van der Waals surface area contributed by atoms with Gasteiger partial charge < -0.3 is 14.8 Å². The number of amides is 3. The Morgan fingerprint density at radius 2 is 1.77 bits per heavy atom. The van der Waals surface area contributed by atoms with E-state index >= 15 is 0 Å². The van der Waals surface area contributed by atoms with Crippen molar-refractivity contribution in [3.05, 3.63) is 23.8 Å². The van der Waals surface area contributed by atoms with E-state index in [-0.39, 0.29) is 42.9 Å². The van der Waals surface area contributed by atoms with E-state index in [0.717, 1.165) is 41.9 Å². The Morgan fingerprint density at radius 1 is 1.08 bits per heavy atom. The molecule has 2 aliphatic heterocycles. The average Bonchev–Trinajstić information content (AvgIpc) is 3.21. The predicted molar refractivity (Wildman–Crippen MR) is 91.4 cm³/mol. The van der Waals surface area contributed by atoms with Gasteiger partial charge in [-0.05, 0) is 37.0 Å². The molecule has 7 heteroatoms. The third kappa shape index (κ3) is 3.13. The van der Waals surface area contributed by atoms with E-state index in [4.69, 9.17) is 9.47 Å². The second-order valence-electron chi connectivity index (χ2n) is 7.05. The fraction of sp³-hybridized carbons (Fsp3) is 0.526. The third-order valence-electron chi connectivity index (χ3n) is 5.41.